The number of hydrazine groups is 1. The van der Waals surface area contributed by atoms with Crippen molar-refractivity contribution in [1.82, 2.24) is 10.4 Å². The van der Waals surface area contributed by atoms with Crippen LogP contribution in [0.4, 0.5) is 4.39 Å². The van der Waals surface area contributed by atoms with Crippen molar-refractivity contribution in [2.45, 2.75) is 44.5 Å². The van der Waals surface area contributed by atoms with Gasteiger partial charge in [0.15, 0.2) is 0 Å². The van der Waals surface area contributed by atoms with Crippen molar-refractivity contribution >= 4 is 5.71 Å². The second-order valence-electron chi connectivity index (χ2n) is 7.61. The summed E-state index contributed by atoms with van der Waals surface area (Å²) in [5.74, 6) is 0.582. The minimum atomic E-state index is -0.777. The molecule has 0 bridgehead atoms. The highest BCUT2D eigenvalue weighted by molar-refractivity contribution is 5.96. The number of aliphatic hydroxyl groups is 1. The molecule has 2 aliphatic heterocycles. The molecule has 142 valence electrons. The van der Waals surface area contributed by atoms with Crippen molar-refractivity contribution in [2.75, 3.05) is 6.54 Å². The van der Waals surface area contributed by atoms with E-state index in [1.165, 1.54) is 12.1 Å². The zero-order valence-electron chi connectivity index (χ0n) is 15.5. The summed E-state index contributed by atoms with van der Waals surface area (Å²) >= 11 is 0. The van der Waals surface area contributed by atoms with E-state index in [0.29, 0.717) is 13.0 Å². The third kappa shape index (κ3) is 3.60. The van der Waals surface area contributed by atoms with Crippen molar-refractivity contribution in [1.29, 1.82) is 0 Å². The van der Waals surface area contributed by atoms with Crippen molar-refractivity contribution in [2.24, 2.45) is 4.99 Å². The number of nitrogens with one attached hydrogen (secondary N) is 1. The summed E-state index contributed by atoms with van der Waals surface area (Å²) in [4.78, 5) is 4.81. The Morgan fingerprint density at radius 1 is 1.33 bits per heavy atom. The van der Waals surface area contributed by atoms with Gasteiger partial charge < -0.3 is 9.84 Å². The fourth-order valence-corrected chi connectivity index (χ4v) is 3.69. The SMILES string of the molecule is CC1(C)N=C2CC3=CC=COC3=CC2N(NCCc2ccc(F)cc2)[C@@H]1O. The minimum Gasteiger partial charge on any atom is -0.465 e. The maximum Gasteiger partial charge on any atom is 0.145 e. The molecule has 5 nitrogen and oxygen atoms in total. The predicted molar refractivity (Wildman–Crippen MR) is 102 cm³/mol. The van der Waals surface area contributed by atoms with Crippen molar-refractivity contribution in [3.8, 4) is 0 Å². The van der Waals surface area contributed by atoms with Crippen LogP contribution in [0.2, 0.25) is 0 Å². The van der Waals surface area contributed by atoms with E-state index in [4.69, 9.17) is 9.73 Å². The monoisotopic (exact) mass is 369 g/mol. The number of hydrogen-bond donors (Lipinski definition) is 2. The Labute approximate surface area is 158 Å². The summed E-state index contributed by atoms with van der Waals surface area (Å²) in [7, 11) is 0. The van der Waals surface area contributed by atoms with Gasteiger partial charge in [0, 0.05) is 24.3 Å². The fraction of sp³-hybridized carbons (Fsp3) is 0.381. The lowest BCUT2D eigenvalue weighted by Gasteiger charge is -2.46. The molecule has 2 N–H and O–H groups in total. The van der Waals surface area contributed by atoms with Crippen molar-refractivity contribution in [3.05, 3.63) is 71.5 Å². The van der Waals surface area contributed by atoms with Gasteiger partial charge in [0.2, 0.25) is 0 Å². The lowest BCUT2D eigenvalue weighted by Crippen LogP contribution is -2.64. The molecule has 0 spiro atoms. The minimum absolute atomic E-state index is 0.167. The van der Waals surface area contributed by atoms with Crippen LogP contribution in [0.1, 0.15) is 25.8 Å². The van der Waals surface area contributed by atoms with E-state index in [-0.39, 0.29) is 11.9 Å². The summed E-state index contributed by atoms with van der Waals surface area (Å²) in [6.45, 7) is 4.48. The maximum atomic E-state index is 13.1. The molecular formula is C21H24FN3O2. The van der Waals surface area contributed by atoms with Gasteiger partial charge in [-0.3, -0.25) is 10.4 Å². The van der Waals surface area contributed by atoms with Gasteiger partial charge in [0.05, 0.1) is 17.8 Å². The Balaban J connectivity index is 1.53. The first kappa shape index (κ1) is 18.1. The molecule has 0 fully saturated rings. The molecule has 0 saturated carbocycles. The van der Waals surface area contributed by atoms with Crippen LogP contribution in [0.25, 0.3) is 0 Å². The third-order valence-corrected chi connectivity index (χ3v) is 5.16. The van der Waals surface area contributed by atoms with Crippen LogP contribution in [-0.2, 0) is 11.2 Å². The molecule has 0 saturated heterocycles. The zero-order chi connectivity index (χ0) is 19.0. The molecule has 0 aromatic heterocycles. The number of aliphatic imine (C=N–C) groups is 1. The lowest BCUT2D eigenvalue weighted by atomic mass is 9.88. The number of aliphatic hydroxyl groups excluding tert-OH is 1. The molecule has 0 radical (unpaired) electrons. The highest BCUT2D eigenvalue weighted by Crippen LogP contribution is 2.34. The summed E-state index contributed by atoms with van der Waals surface area (Å²) in [6, 6.07) is 6.32. The topological polar surface area (TPSA) is 57.1 Å². The highest BCUT2D eigenvalue weighted by atomic mass is 19.1. The Bertz CT molecular complexity index is 839. The molecule has 6 heteroatoms. The van der Waals surface area contributed by atoms with Crippen LogP contribution in [0.5, 0.6) is 0 Å². The highest BCUT2D eigenvalue weighted by Gasteiger charge is 2.44. The van der Waals surface area contributed by atoms with E-state index in [1.54, 1.807) is 18.4 Å². The van der Waals surface area contributed by atoms with Gasteiger partial charge in [0.25, 0.3) is 0 Å². The number of nitrogens with zero attached hydrogens (tertiary/aromatic N) is 2. The number of benzene rings is 1. The molecule has 27 heavy (non-hydrogen) atoms. The van der Waals surface area contributed by atoms with Gasteiger partial charge in [-0.05, 0) is 50.1 Å². The normalized spacial score (nSPS) is 26.3. The first-order chi connectivity index (χ1) is 12.9. The number of halogens is 1. The molecule has 2 heterocycles. The molecule has 1 aromatic rings. The van der Waals surface area contributed by atoms with Gasteiger partial charge in [-0.15, -0.1) is 0 Å². The van der Waals surface area contributed by atoms with Gasteiger partial charge in [-0.25, -0.2) is 9.40 Å². The van der Waals surface area contributed by atoms with Crippen LogP contribution in [-0.4, -0.2) is 40.2 Å². The van der Waals surface area contributed by atoms with Gasteiger partial charge in [-0.1, -0.05) is 18.2 Å². The second kappa shape index (κ2) is 7.03. The zero-order valence-corrected chi connectivity index (χ0v) is 15.5. The summed E-state index contributed by atoms with van der Waals surface area (Å²) in [5.41, 5.74) is 5.89. The number of rotatable bonds is 4. The summed E-state index contributed by atoms with van der Waals surface area (Å²) < 4.78 is 18.7. The van der Waals surface area contributed by atoms with Crippen LogP contribution < -0.4 is 5.43 Å². The van der Waals surface area contributed by atoms with Crippen LogP contribution in [0, 0.1) is 5.82 Å². The van der Waals surface area contributed by atoms with Gasteiger partial charge >= 0.3 is 0 Å². The number of hydrogen-bond acceptors (Lipinski definition) is 5. The van der Waals surface area contributed by atoms with Crippen molar-refractivity contribution in [3.63, 3.8) is 0 Å². The van der Waals surface area contributed by atoms with Crippen molar-refractivity contribution < 1.29 is 14.2 Å². The molecular weight excluding hydrogens is 345 g/mol. The molecule has 3 aliphatic rings. The Morgan fingerprint density at radius 2 is 2.11 bits per heavy atom. The van der Waals surface area contributed by atoms with E-state index in [0.717, 1.165) is 29.0 Å². The van der Waals surface area contributed by atoms with E-state index < -0.39 is 11.8 Å². The van der Waals surface area contributed by atoms with E-state index >= 15 is 0 Å². The van der Waals surface area contributed by atoms with Gasteiger partial charge in [-0.2, -0.15) is 0 Å². The molecule has 1 unspecified atom stereocenters. The average Bonchev–Trinajstić information content (AvgIpc) is 2.65. The number of fused-ring (bicyclic) bond motifs is 2. The molecule has 2 atom stereocenters. The smallest absolute Gasteiger partial charge is 0.145 e. The van der Waals surface area contributed by atoms with Crippen LogP contribution >= 0.6 is 0 Å². The predicted octanol–water partition coefficient (Wildman–Crippen LogP) is 2.85. The average molecular weight is 369 g/mol. The fourth-order valence-electron chi connectivity index (χ4n) is 3.69. The number of ether oxygens (including phenoxy) is 1. The Kier molecular flexibility index (Phi) is 4.72. The molecule has 4 rings (SSSR count). The number of allylic oxidation sites excluding steroid dienone is 3. The lowest BCUT2D eigenvalue weighted by molar-refractivity contribution is -0.0832. The van der Waals surface area contributed by atoms with E-state index in [1.807, 2.05) is 37.1 Å². The summed E-state index contributed by atoms with van der Waals surface area (Å²) in [6.07, 6.45) is 8.24. The Morgan fingerprint density at radius 3 is 2.89 bits per heavy atom. The second-order valence-corrected chi connectivity index (χ2v) is 7.61. The molecule has 0 amide bonds. The first-order valence-corrected chi connectivity index (χ1v) is 9.21. The largest absolute Gasteiger partial charge is 0.465 e. The quantitative estimate of drug-likeness (QED) is 0.857. The van der Waals surface area contributed by atoms with Crippen LogP contribution in [0.15, 0.2) is 65.1 Å². The standard InChI is InChI=1S/C21H24FN3O2/c1-21(2)20(26)25(23-10-9-14-5-7-16(22)8-6-14)18-13-19-15(4-3-11-27-19)12-17(18)24-21/h3-8,11,13,18,20,23,26H,9-10,12H2,1-2H3/t18?,20-/m1/s1. The summed E-state index contributed by atoms with van der Waals surface area (Å²) in [5, 5.41) is 12.7. The van der Waals surface area contributed by atoms with E-state index in [9.17, 15) is 9.50 Å². The third-order valence-electron chi connectivity index (χ3n) is 5.16. The van der Waals surface area contributed by atoms with Gasteiger partial charge in [0.1, 0.15) is 17.8 Å². The molecule has 1 aromatic carbocycles. The van der Waals surface area contributed by atoms with Crippen LogP contribution in [0.3, 0.4) is 0 Å². The maximum absolute atomic E-state index is 13.1. The first-order valence-electron chi connectivity index (χ1n) is 9.21. The van der Waals surface area contributed by atoms with E-state index in [2.05, 4.69) is 5.43 Å². The molecule has 1 aliphatic carbocycles. The Hall–Kier alpha value is -2.28.